The molecule has 0 saturated carbocycles. The molecule has 1 heterocycles. The van der Waals surface area contributed by atoms with Crippen LogP contribution in [-0.4, -0.2) is 23.3 Å². The molecule has 0 aliphatic carbocycles. The van der Waals surface area contributed by atoms with Gasteiger partial charge in [-0.1, -0.05) is 0 Å². The Kier molecular flexibility index (Phi) is 3.22. The molecule has 6 nitrogen and oxygen atoms in total. The standard InChI is InChI=1S/C10H12N2O4/c1-10(2,6-13)9-7(12(14)15)4-5-8(11-9)16-3/h4-6H,1-3H3. The lowest BCUT2D eigenvalue weighted by molar-refractivity contribution is -0.386. The van der Waals surface area contributed by atoms with Crippen molar-refractivity contribution in [3.63, 3.8) is 0 Å². The summed E-state index contributed by atoms with van der Waals surface area (Å²) in [7, 11) is 1.41. The van der Waals surface area contributed by atoms with Gasteiger partial charge in [0.15, 0.2) is 0 Å². The van der Waals surface area contributed by atoms with Gasteiger partial charge >= 0.3 is 0 Å². The molecule has 0 aliphatic heterocycles. The molecule has 0 aromatic carbocycles. The first-order chi connectivity index (χ1) is 7.42. The molecule has 0 saturated heterocycles. The van der Waals surface area contributed by atoms with E-state index in [1.807, 2.05) is 0 Å². The number of aldehydes is 1. The second kappa shape index (κ2) is 4.26. The topological polar surface area (TPSA) is 82.3 Å². The molecule has 1 rings (SSSR count). The van der Waals surface area contributed by atoms with Crippen LogP contribution < -0.4 is 4.74 Å². The van der Waals surface area contributed by atoms with E-state index in [9.17, 15) is 14.9 Å². The average molecular weight is 224 g/mol. The van der Waals surface area contributed by atoms with E-state index in [4.69, 9.17) is 4.74 Å². The second-order valence-electron chi connectivity index (χ2n) is 3.82. The normalized spacial score (nSPS) is 10.9. The molecule has 16 heavy (non-hydrogen) atoms. The summed E-state index contributed by atoms with van der Waals surface area (Å²) >= 11 is 0. The fraction of sp³-hybridized carbons (Fsp3) is 0.400. The highest BCUT2D eigenvalue weighted by Gasteiger charge is 2.31. The lowest BCUT2D eigenvalue weighted by Gasteiger charge is -2.16. The van der Waals surface area contributed by atoms with E-state index in [1.165, 1.54) is 19.2 Å². The van der Waals surface area contributed by atoms with Gasteiger partial charge < -0.3 is 9.53 Å². The Balaban J connectivity index is 3.42. The number of hydrogen-bond donors (Lipinski definition) is 0. The number of pyridine rings is 1. The smallest absolute Gasteiger partial charge is 0.292 e. The van der Waals surface area contributed by atoms with Gasteiger partial charge in [0.05, 0.1) is 17.4 Å². The Morgan fingerprint density at radius 2 is 2.12 bits per heavy atom. The van der Waals surface area contributed by atoms with Crippen LogP contribution in [0.25, 0.3) is 0 Å². The van der Waals surface area contributed by atoms with Crippen molar-refractivity contribution < 1.29 is 14.5 Å². The number of aromatic nitrogens is 1. The van der Waals surface area contributed by atoms with Crippen molar-refractivity contribution in [1.82, 2.24) is 4.98 Å². The molecule has 0 fully saturated rings. The first-order valence-electron chi connectivity index (χ1n) is 4.58. The maximum Gasteiger partial charge on any atom is 0.292 e. The van der Waals surface area contributed by atoms with E-state index in [-0.39, 0.29) is 17.3 Å². The van der Waals surface area contributed by atoms with Crippen LogP contribution in [0.5, 0.6) is 5.88 Å². The lowest BCUT2D eigenvalue weighted by Crippen LogP contribution is -2.22. The van der Waals surface area contributed by atoms with Crippen molar-refractivity contribution in [3.05, 3.63) is 27.9 Å². The van der Waals surface area contributed by atoms with Gasteiger partial charge in [0.1, 0.15) is 12.0 Å². The molecule has 1 aromatic rings. The summed E-state index contributed by atoms with van der Waals surface area (Å²) in [5, 5.41) is 10.8. The van der Waals surface area contributed by atoms with Gasteiger partial charge in [0.2, 0.25) is 5.88 Å². The van der Waals surface area contributed by atoms with Gasteiger partial charge in [0.25, 0.3) is 5.69 Å². The molecule has 0 bridgehead atoms. The van der Waals surface area contributed by atoms with E-state index < -0.39 is 10.3 Å². The molecule has 0 unspecified atom stereocenters. The fourth-order valence-electron chi connectivity index (χ4n) is 1.22. The Hall–Kier alpha value is -1.98. The van der Waals surface area contributed by atoms with Crippen molar-refractivity contribution in [2.45, 2.75) is 19.3 Å². The number of ether oxygens (including phenoxy) is 1. The van der Waals surface area contributed by atoms with Crippen LogP contribution in [0, 0.1) is 10.1 Å². The maximum atomic E-state index is 10.9. The Morgan fingerprint density at radius 3 is 2.56 bits per heavy atom. The van der Waals surface area contributed by atoms with Crippen LogP contribution in [0.4, 0.5) is 5.69 Å². The highest BCUT2D eigenvalue weighted by Crippen LogP contribution is 2.29. The third-order valence-electron chi connectivity index (χ3n) is 2.16. The first kappa shape index (κ1) is 12.1. The SMILES string of the molecule is COc1ccc([N+](=O)[O-])c(C(C)(C)C=O)n1. The summed E-state index contributed by atoms with van der Waals surface area (Å²) in [4.78, 5) is 25.1. The number of rotatable bonds is 4. The quantitative estimate of drug-likeness (QED) is 0.439. The summed E-state index contributed by atoms with van der Waals surface area (Å²) in [6, 6.07) is 2.68. The highest BCUT2D eigenvalue weighted by molar-refractivity contribution is 5.69. The van der Waals surface area contributed by atoms with Gasteiger partial charge in [-0.05, 0) is 13.8 Å². The summed E-state index contributed by atoms with van der Waals surface area (Å²) in [6.07, 6.45) is 0.627. The van der Waals surface area contributed by atoms with Crippen molar-refractivity contribution in [3.8, 4) is 5.88 Å². The Bertz CT molecular complexity index is 429. The third-order valence-corrected chi connectivity index (χ3v) is 2.16. The van der Waals surface area contributed by atoms with Gasteiger partial charge in [-0.15, -0.1) is 0 Å². The van der Waals surface area contributed by atoms with Crippen molar-refractivity contribution >= 4 is 12.0 Å². The number of hydrogen-bond acceptors (Lipinski definition) is 5. The summed E-state index contributed by atoms with van der Waals surface area (Å²) in [5.41, 5.74) is -1.10. The van der Waals surface area contributed by atoms with Crippen LogP contribution in [-0.2, 0) is 10.2 Å². The molecular weight excluding hydrogens is 212 g/mol. The zero-order valence-corrected chi connectivity index (χ0v) is 9.26. The second-order valence-corrected chi connectivity index (χ2v) is 3.82. The number of carbonyl (C=O) groups is 1. The Morgan fingerprint density at radius 1 is 1.50 bits per heavy atom. The van der Waals surface area contributed by atoms with Crippen LogP contribution in [0.2, 0.25) is 0 Å². The van der Waals surface area contributed by atoms with Crippen LogP contribution in [0.1, 0.15) is 19.5 Å². The fourth-order valence-corrected chi connectivity index (χ4v) is 1.22. The molecule has 0 amide bonds. The minimum atomic E-state index is -1.02. The monoisotopic (exact) mass is 224 g/mol. The third kappa shape index (κ3) is 2.16. The lowest BCUT2D eigenvalue weighted by atomic mass is 9.89. The van der Waals surface area contributed by atoms with Gasteiger partial charge in [-0.2, -0.15) is 0 Å². The summed E-state index contributed by atoms with van der Waals surface area (Å²) in [5.74, 6) is 0.246. The van der Waals surface area contributed by atoms with Crippen molar-refractivity contribution in [2.24, 2.45) is 0 Å². The molecule has 0 N–H and O–H groups in total. The maximum absolute atomic E-state index is 10.9. The average Bonchev–Trinajstić information content (AvgIpc) is 2.28. The summed E-state index contributed by atoms with van der Waals surface area (Å²) in [6.45, 7) is 3.13. The molecule has 6 heteroatoms. The summed E-state index contributed by atoms with van der Waals surface area (Å²) < 4.78 is 4.88. The predicted molar refractivity (Wildman–Crippen MR) is 56.5 cm³/mol. The van der Waals surface area contributed by atoms with Gasteiger partial charge in [0, 0.05) is 12.1 Å². The minimum Gasteiger partial charge on any atom is -0.481 e. The van der Waals surface area contributed by atoms with E-state index >= 15 is 0 Å². The largest absolute Gasteiger partial charge is 0.481 e. The molecule has 0 spiro atoms. The van der Waals surface area contributed by atoms with Crippen LogP contribution >= 0.6 is 0 Å². The highest BCUT2D eigenvalue weighted by atomic mass is 16.6. The molecule has 86 valence electrons. The minimum absolute atomic E-state index is 0.104. The molecule has 0 atom stereocenters. The van der Waals surface area contributed by atoms with Crippen molar-refractivity contribution in [1.29, 1.82) is 0 Å². The Labute approximate surface area is 92.4 Å². The van der Waals surface area contributed by atoms with Crippen molar-refractivity contribution in [2.75, 3.05) is 7.11 Å². The number of nitro groups is 1. The molecule has 1 aromatic heterocycles. The van der Waals surface area contributed by atoms with Gasteiger partial charge in [-0.3, -0.25) is 10.1 Å². The number of carbonyl (C=O) groups excluding carboxylic acids is 1. The molecule has 0 radical (unpaired) electrons. The zero-order valence-electron chi connectivity index (χ0n) is 9.26. The predicted octanol–water partition coefficient (Wildman–Crippen LogP) is 1.47. The first-order valence-corrected chi connectivity index (χ1v) is 4.58. The number of nitrogens with zero attached hydrogens (tertiary/aromatic N) is 2. The van der Waals surface area contributed by atoms with Crippen LogP contribution in [0.15, 0.2) is 12.1 Å². The van der Waals surface area contributed by atoms with Gasteiger partial charge in [-0.25, -0.2) is 4.98 Å². The number of methoxy groups -OCH3 is 1. The van der Waals surface area contributed by atoms with E-state index in [0.717, 1.165) is 0 Å². The molecular formula is C10H12N2O4. The van der Waals surface area contributed by atoms with E-state index in [1.54, 1.807) is 13.8 Å². The van der Waals surface area contributed by atoms with E-state index in [2.05, 4.69) is 4.98 Å². The zero-order chi connectivity index (χ0) is 12.3. The molecule has 0 aliphatic rings. The van der Waals surface area contributed by atoms with Crippen LogP contribution in [0.3, 0.4) is 0 Å². The van der Waals surface area contributed by atoms with E-state index in [0.29, 0.717) is 6.29 Å².